The molecule has 4 rings (SSSR count). The molecule has 0 spiro atoms. The standard InChI is InChI=1S/C23H31N5/c24-10-13-27(14-11-25)15-18-5-7-19(8-6-18)16-28-12-9-21-20-3-1-2-4-22(20)26-23(21)17-28/h1-8,26H,9-17,24-25H2. The fourth-order valence-electron chi connectivity index (χ4n) is 4.29. The molecule has 0 atom stereocenters. The van der Waals surface area contributed by atoms with Gasteiger partial charge in [0.2, 0.25) is 0 Å². The van der Waals surface area contributed by atoms with Crippen molar-refractivity contribution in [3.05, 3.63) is 70.9 Å². The maximum atomic E-state index is 5.71. The van der Waals surface area contributed by atoms with E-state index in [0.717, 1.165) is 45.7 Å². The van der Waals surface area contributed by atoms with E-state index in [4.69, 9.17) is 11.5 Å². The predicted molar refractivity (Wildman–Crippen MR) is 116 cm³/mol. The van der Waals surface area contributed by atoms with Crippen molar-refractivity contribution in [2.75, 3.05) is 32.7 Å². The molecule has 0 unspecified atom stereocenters. The number of nitrogens with two attached hydrogens (primary N) is 2. The molecule has 0 bridgehead atoms. The van der Waals surface area contributed by atoms with Crippen molar-refractivity contribution in [1.82, 2.24) is 14.8 Å². The van der Waals surface area contributed by atoms with Gasteiger partial charge in [-0.3, -0.25) is 9.80 Å². The van der Waals surface area contributed by atoms with E-state index in [1.165, 1.54) is 33.3 Å². The highest BCUT2D eigenvalue weighted by Crippen LogP contribution is 2.28. The summed E-state index contributed by atoms with van der Waals surface area (Å²) in [5.41, 5.74) is 18.3. The Morgan fingerprint density at radius 2 is 1.64 bits per heavy atom. The molecule has 148 valence electrons. The van der Waals surface area contributed by atoms with Crippen molar-refractivity contribution in [1.29, 1.82) is 0 Å². The second-order valence-electron chi connectivity index (χ2n) is 7.76. The number of rotatable bonds is 8. The van der Waals surface area contributed by atoms with Crippen LogP contribution >= 0.6 is 0 Å². The zero-order chi connectivity index (χ0) is 19.3. The number of para-hydroxylation sites is 1. The minimum atomic E-state index is 0.669. The van der Waals surface area contributed by atoms with Crippen LogP contribution in [0.25, 0.3) is 10.9 Å². The van der Waals surface area contributed by atoms with Gasteiger partial charge in [0.05, 0.1) is 0 Å². The van der Waals surface area contributed by atoms with Crippen LogP contribution in [-0.2, 0) is 26.1 Å². The summed E-state index contributed by atoms with van der Waals surface area (Å²) in [6, 6.07) is 17.7. The zero-order valence-corrected chi connectivity index (χ0v) is 16.5. The first-order valence-electron chi connectivity index (χ1n) is 10.3. The number of nitrogens with one attached hydrogen (secondary N) is 1. The molecule has 0 fully saturated rings. The van der Waals surface area contributed by atoms with Crippen LogP contribution in [-0.4, -0.2) is 47.5 Å². The van der Waals surface area contributed by atoms with Gasteiger partial charge in [-0.15, -0.1) is 0 Å². The van der Waals surface area contributed by atoms with Gasteiger partial charge in [-0.05, 0) is 29.2 Å². The van der Waals surface area contributed by atoms with Crippen LogP contribution in [0.1, 0.15) is 22.4 Å². The maximum Gasteiger partial charge on any atom is 0.0459 e. The van der Waals surface area contributed by atoms with Crippen molar-refractivity contribution in [3.8, 4) is 0 Å². The van der Waals surface area contributed by atoms with Crippen LogP contribution in [0.2, 0.25) is 0 Å². The lowest BCUT2D eigenvalue weighted by atomic mass is 10.0. The normalized spacial score (nSPS) is 14.7. The third-order valence-electron chi connectivity index (χ3n) is 5.69. The van der Waals surface area contributed by atoms with Crippen LogP contribution < -0.4 is 11.5 Å². The summed E-state index contributed by atoms with van der Waals surface area (Å²) in [5.74, 6) is 0. The third-order valence-corrected chi connectivity index (χ3v) is 5.69. The summed E-state index contributed by atoms with van der Waals surface area (Å²) < 4.78 is 0. The molecule has 2 heterocycles. The highest BCUT2D eigenvalue weighted by molar-refractivity contribution is 5.84. The first kappa shape index (κ1) is 19.2. The van der Waals surface area contributed by atoms with Crippen molar-refractivity contribution in [2.45, 2.75) is 26.1 Å². The monoisotopic (exact) mass is 377 g/mol. The number of fused-ring (bicyclic) bond motifs is 3. The smallest absolute Gasteiger partial charge is 0.0459 e. The Balaban J connectivity index is 1.38. The van der Waals surface area contributed by atoms with Gasteiger partial charge in [0.1, 0.15) is 0 Å². The molecule has 1 aliphatic rings. The summed E-state index contributed by atoms with van der Waals surface area (Å²) in [6.07, 6.45) is 1.12. The Labute approximate surface area is 167 Å². The molecule has 5 N–H and O–H groups in total. The minimum absolute atomic E-state index is 0.669. The van der Waals surface area contributed by atoms with Crippen LogP contribution in [0.3, 0.4) is 0 Å². The van der Waals surface area contributed by atoms with Gasteiger partial charge in [-0.1, -0.05) is 42.5 Å². The van der Waals surface area contributed by atoms with Gasteiger partial charge in [0.15, 0.2) is 0 Å². The van der Waals surface area contributed by atoms with Gasteiger partial charge >= 0.3 is 0 Å². The average molecular weight is 378 g/mol. The zero-order valence-electron chi connectivity index (χ0n) is 16.5. The van der Waals surface area contributed by atoms with Gasteiger partial charge in [-0.25, -0.2) is 0 Å². The fraction of sp³-hybridized carbons (Fsp3) is 0.391. The lowest BCUT2D eigenvalue weighted by molar-refractivity contribution is 0.243. The quantitative estimate of drug-likeness (QED) is 0.564. The number of hydrogen-bond donors (Lipinski definition) is 3. The van der Waals surface area contributed by atoms with E-state index in [9.17, 15) is 0 Å². The van der Waals surface area contributed by atoms with Gasteiger partial charge in [-0.2, -0.15) is 0 Å². The summed E-state index contributed by atoms with van der Waals surface area (Å²) >= 11 is 0. The number of aromatic nitrogens is 1. The molecule has 0 amide bonds. The molecule has 0 saturated heterocycles. The first-order chi connectivity index (χ1) is 13.8. The van der Waals surface area contributed by atoms with E-state index >= 15 is 0 Å². The second-order valence-corrected chi connectivity index (χ2v) is 7.76. The summed E-state index contributed by atoms with van der Waals surface area (Å²) in [5, 5.41) is 1.39. The molecule has 5 heteroatoms. The van der Waals surface area contributed by atoms with Crippen molar-refractivity contribution < 1.29 is 0 Å². The van der Waals surface area contributed by atoms with Crippen molar-refractivity contribution in [3.63, 3.8) is 0 Å². The SMILES string of the molecule is NCCN(CCN)Cc1ccc(CN2CCc3c([nH]c4ccccc34)C2)cc1. The molecule has 0 saturated carbocycles. The Kier molecular flexibility index (Phi) is 6.07. The number of nitrogens with zero attached hydrogens (tertiary/aromatic N) is 2. The van der Waals surface area contributed by atoms with E-state index in [1.807, 2.05) is 0 Å². The Morgan fingerprint density at radius 1 is 0.929 bits per heavy atom. The van der Waals surface area contributed by atoms with E-state index in [0.29, 0.717) is 13.1 Å². The molecule has 5 nitrogen and oxygen atoms in total. The van der Waals surface area contributed by atoms with E-state index < -0.39 is 0 Å². The lowest BCUT2D eigenvalue weighted by Crippen LogP contribution is -2.33. The Hall–Kier alpha value is -2.18. The first-order valence-corrected chi connectivity index (χ1v) is 10.3. The Bertz CT molecular complexity index is 893. The highest BCUT2D eigenvalue weighted by Gasteiger charge is 2.20. The van der Waals surface area contributed by atoms with Crippen LogP contribution in [0, 0.1) is 0 Å². The van der Waals surface area contributed by atoms with E-state index in [1.54, 1.807) is 0 Å². The largest absolute Gasteiger partial charge is 0.357 e. The lowest BCUT2D eigenvalue weighted by Gasteiger charge is -2.27. The minimum Gasteiger partial charge on any atom is -0.357 e. The van der Waals surface area contributed by atoms with E-state index in [-0.39, 0.29) is 0 Å². The summed E-state index contributed by atoms with van der Waals surface area (Å²) in [6.45, 7) is 7.12. The fourth-order valence-corrected chi connectivity index (χ4v) is 4.29. The topological polar surface area (TPSA) is 74.3 Å². The number of H-pyrrole nitrogens is 1. The number of aromatic amines is 1. The Morgan fingerprint density at radius 3 is 2.39 bits per heavy atom. The number of benzene rings is 2. The molecule has 0 aliphatic carbocycles. The molecule has 2 aromatic carbocycles. The van der Waals surface area contributed by atoms with Gasteiger partial charge in [0.25, 0.3) is 0 Å². The van der Waals surface area contributed by atoms with Crippen molar-refractivity contribution >= 4 is 10.9 Å². The molecule has 1 aliphatic heterocycles. The van der Waals surface area contributed by atoms with E-state index in [2.05, 4.69) is 63.3 Å². The molecule has 3 aromatic rings. The van der Waals surface area contributed by atoms with Gasteiger partial charge in [0, 0.05) is 69.0 Å². The third kappa shape index (κ3) is 4.28. The van der Waals surface area contributed by atoms with Crippen LogP contribution in [0.5, 0.6) is 0 Å². The van der Waals surface area contributed by atoms with Crippen LogP contribution in [0.4, 0.5) is 0 Å². The average Bonchev–Trinajstić information content (AvgIpc) is 3.07. The summed E-state index contributed by atoms with van der Waals surface area (Å²) in [7, 11) is 0. The van der Waals surface area contributed by atoms with Crippen LogP contribution in [0.15, 0.2) is 48.5 Å². The predicted octanol–water partition coefficient (Wildman–Crippen LogP) is 2.45. The second kappa shape index (κ2) is 8.88. The molecule has 1 aromatic heterocycles. The van der Waals surface area contributed by atoms with Gasteiger partial charge < -0.3 is 16.5 Å². The molecule has 0 radical (unpaired) electrons. The molecule has 28 heavy (non-hydrogen) atoms. The molecular formula is C23H31N5. The highest BCUT2D eigenvalue weighted by atomic mass is 15.1. The van der Waals surface area contributed by atoms with Crippen molar-refractivity contribution in [2.24, 2.45) is 11.5 Å². The summed E-state index contributed by atoms with van der Waals surface area (Å²) in [4.78, 5) is 8.46. The molecular weight excluding hydrogens is 346 g/mol. The maximum absolute atomic E-state index is 5.71. The number of hydrogen-bond acceptors (Lipinski definition) is 4.